The van der Waals surface area contributed by atoms with Gasteiger partial charge in [0.2, 0.25) is 0 Å². The molecule has 0 aliphatic heterocycles. The van der Waals surface area contributed by atoms with Crippen LogP contribution in [-0.2, 0) is 0 Å². The van der Waals surface area contributed by atoms with Crippen LogP contribution < -0.4 is 21.1 Å². The quantitative estimate of drug-likeness (QED) is 0.659. The minimum atomic E-state index is -0.276. The van der Waals surface area contributed by atoms with E-state index in [0.29, 0.717) is 23.7 Å². The summed E-state index contributed by atoms with van der Waals surface area (Å²) in [4.78, 5) is 11.3. The fourth-order valence-corrected chi connectivity index (χ4v) is 1.15. The largest absolute Gasteiger partial charge is 0.495 e. The second kappa shape index (κ2) is 5.09. The molecule has 1 rings (SSSR count). The number of ether oxygens (including phenoxy) is 1. The van der Waals surface area contributed by atoms with Gasteiger partial charge in [0.25, 0.3) is 0 Å². The third-order valence-electron chi connectivity index (χ3n) is 1.81. The molecule has 0 heterocycles. The van der Waals surface area contributed by atoms with E-state index >= 15 is 0 Å². The lowest BCUT2D eigenvalue weighted by Crippen LogP contribution is -2.28. The molecular formula is C10H15N3O2. The molecule has 5 heteroatoms. The highest BCUT2D eigenvalue weighted by molar-refractivity contribution is 5.91. The molecule has 0 atom stereocenters. The Labute approximate surface area is 88.6 Å². The number of methoxy groups -OCH3 is 1. The molecule has 4 N–H and O–H groups in total. The summed E-state index contributed by atoms with van der Waals surface area (Å²) in [6.45, 7) is 2.41. The van der Waals surface area contributed by atoms with Crippen molar-refractivity contribution in [3.05, 3.63) is 18.2 Å². The lowest BCUT2D eigenvalue weighted by atomic mass is 10.2. The topological polar surface area (TPSA) is 76.4 Å². The van der Waals surface area contributed by atoms with Gasteiger partial charge in [-0.25, -0.2) is 4.79 Å². The molecule has 0 saturated heterocycles. The number of benzene rings is 1. The van der Waals surface area contributed by atoms with Crippen molar-refractivity contribution >= 4 is 17.4 Å². The van der Waals surface area contributed by atoms with Gasteiger partial charge in [0, 0.05) is 12.2 Å². The highest BCUT2D eigenvalue weighted by Crippen LogP contribution is 2.26. The molecule has 0 unspecified atom stereocenters. The summed E-state index contributed by atoms with van der Waals surface area (Å²) in [5.41, 5.74) is 6.74. The maximum absolute atomic E-state index is 11.3. The van der Waals surface area contributed by atoms with Crippen LogP contribution >= 0.6 is 0 Å². The van der Waals surface area contributed by atoms with Gasteiger partial charge in [-0.1, -0.05) is 0 Å². The van der Waals surface area contributed by atoms with Gasteiger partial charge in [-0.15, -0.1) is 0 Å². The van der Waals surface area contributed by atoms with Crippen molar-refractivity contribution in [3.8, 4) is 5.75 Å². The number of urea groups is 1. The zero-order chi connectivity index (χ0) is 11.3. The Kier molecular flexibility index (Phi) is 3.79. The van der Waals surface area contributed by atoms with E-state index in [0.717, 1.165) is 0 Å². The molecule has 0 aromatic heterocycles. The van der Waals surface area contributed by atoms with Crippen molar-refractivity contribution in [2.24, 2.45) is 0 Å². The lowest BCUT2D eigenvalue weighted by Gasteiger charge is -2.10. The summed E-state index contributed by atoms with van der Waals surface area (Å²) < 4.78 is 5.08. The van der Waals surface area contributed by atoms with Crippen LogP contribution in [0, 0.1) is 0 Å². The van der Waals surface area contributed by atoms with E-state index in [9.17, 15) is 4.79 Å². The predicted octanol–water partition coefficient (Wildman–Crippen LogP) is 1.42. The van der Waals surface area contributed by atoms with Crippen molar-refractivity contribution in [1.29, 1.82) is 0 Å². The van der Waals surface area contributed by atoms with Crippen molar-refractivity contribution in [2.45, 2.75) is 6.92 Å². The van der Waals surface area contributed by atoms with Crippen molar-refractivity contribution in [3.63, 3.8) is 0 Å². The minimum absolute atomic E-state index is 0.276. The first kappa shape index (κ1) is 11.2. The van der Waals surface area contributed by atoms with Gasteiger partial charge in [0.1, 0.15) is 5.75 Å². The Bertz CT molecular complexity index is 353. The Balaban J connectivity index is 2.82. The van der Waals surface area contributed by atoms with Crippen molar-refractivity contribution in [2.75, 3.05) is 24.7 Å². The number of carbonyl (C=O) groups excluding carboxylic acids is 1. The fourth-order valence-electron chi connectivity index (χ4n) is 1.15. The first-order chi connectivity index (χ1) is 7.17. The van der Waals surface area contributed by atoms with E-state index in [1.807, 2.05) is 6.92 Å². The number of nitrogen functional groups attached to an aromatic ring is 1. The molecule has 82 valence electrons. The zero-order valence-electron chi connectivity index (χ0n) is 8.83. The molecule has 0 saturated carbocycles. The van der Waals surface area contributed by atoms with Crippen LogP contribution in [0.25, 0.3) is 0 Å². The van der Waals surface area contributed by atoms with Crippen molar-refractivity contribution in [1.82, 2.24) is 5.32 Å². The monoisotopic (exact) mass is 209 g/mol. The predicted molar refractivity (Wildman–Crippen MR) is 60.1 cm³/mol. The fraction of sp³-hybridized carbons (Fsp3) is 0.300. The van der Waals surface area contributed by atoms with Crippen LogP contribution in [0.4, 0.5) is 16.2 Å². The van der Waals surface area contributed by atoms with Gasteiger partial charge in [-0.05, 0) is 25.1 Å². The summed E-state index contributed by atoms with van der Waals surface area (Å²) >= 11 is 0. The molecule has 1 aromatic carbocycles. The molecule has 1 aromatic rings. The summed E-state index contributed by atoms with van der Waals surface area (Å²) in [7, 11) is 1.54. The Morgan fingerprint density at radius 1 is 1.53 bits per heavy atom. The molecule has 0 bridgehead atoms. The Hall–Kier alpha value is -1.91. The molecule has 15 heavy (non-hydrogen) atoms. The smallest absolute Gasteiger partial charge is 0.319 e. The van der Waals surface area contributed by atoms with Gasteiger partial charge in [0.15, 0.2) is 0 Å². The first-order valence-corrected chi connectivity index (χ1v) is 4.65. The summed E-state index contributed by atoms with van der Waals surface area (Å²) in [5.74, 6) is 0.579. The van der Waals surface area contributed by atoms with Crippen LogP contribution in [0.3, 0.4) is 0 Å². The maximum atomic E-state index is 11.3. The van der Waals surface area contributed by atoms with Crippen LogP contribution in [-0.4, -0.2) is 19.7 Å². The van der Waals surface area contributed by atoms with E-state index in [4.69, 9.17) is 10.5 Å². The minimum Gasteiger partial charge on any atom is -0.495 e. The van der Waals surface area contributed by atoms with E-state index in [1.54, 1.807) is 18.2 Å². The molecule has 2 amide bonds. The second-order valence-electron chi connectivity index (χ2n) is 2.94. The van der Waals surface area contributed by atoms with Gasteiger partial charge >= 0.3 is 6.03 Å². The summed E-state index contributed by atoms with van der Waals surface area (Å²) in [5, 5.41) is 5.27. The normalized spacial score (nSPS) is 9.47. The van der Waals surface area contributed by atoms with Crippen LogP contribution in [0.5, 0.6) is 5.75 Å². The van der Waals surface area contributed by atoms with Gasteiger partial charge in [-0.3, -0.25) is 0 Å². The molecular weight excluding hydrogens is 194 g/mol. The van der Waals surface area contributed by atoms with E-state index < -0.39 is 0 Å². The van der Waals surface area contributed by atoms with Crippen LogP contribution in [0.1, 0.15) is 6.92 Å². The molecule has 0 spiro atoms. The summed E-state index contributed by atoms with van der Waals surface area (Å²) in [6.07, 6.45) is 0. The SMILES string of the molecule is CCNC(=O)Nc1cc(N)ccc1OC. The standard InChI is InChI=1S/C10H15N3O2/c1-3-12-10(14)13-8-6-7(11)4-5-9(8)15-2/h4-6H,3,11H2,1-2H3,(H2,12,13,14). The van der Waals surface area contributed by atoms with Crippen LogP contribution in [0.2, 0.25) is 0 Å². The Morgan fingerprint density at radius 3 is 2.87 bits per heavy atom. The first-order valence-electron chi connectivity index (χ1n) is 4.65. The van der Waals surface area contributed by atoms with E-state index in [1.165, 1.54) is 7.11 Å². The molecule has 0 fully saturated rings. The Morgan fingerprint density at radius 2 is 2.27 bits per heavy atom. The number of rotatable bonds is 3. The van der Waals surface area contributed by atoms with Gasteiger partial charge in [0.05, 0.1) is 12.8 Å². The number of nitrogens with one attached hydrogen (secondary N) is 2. The molecule has 0 aliphatic rings. The molecule has 0 radical (unpaired) electrons. The highest BCUT2D eigenvalue weighted by atomic mass is 16.5. The number of amides is 2. The molecule has 0 aliphatic carbocycles. The third-order valence-corrected chi connectivity index (χ3v) is 1.81. The van der Waals surface area contributed by atoms with Gasteiger partial charge in [-0.2, -0.15) is 0 Å². The third kappa shape index (κ3) is 3.05. The number of nitrogens with two attached hydrogens (primary N) is 1. The number of hydrogen-bond donors (Lipinski definition) is 3. The second-order valence-corrected chi connectivity index (χ2v) is 2.94. The highest BCUT2D eigenvalue weighted by Gasteiger charge is 2.06. The molecule has 5 nitrogen and oxygen atoms in total. The lowest BCUT2D eigenvalue weighted by molar-refractivity contribution is 0.252. The number of carbonyl (C=O) groups is 1. The maximum Gasteiger partial charge on any atom is 0.319 e. The van der Waals surface area contributed by atoms with E-state index in [-0.39, 0.29) is 6.03 Å². The van der Waals surface area contributed by atoms with E-state index in [2.05, 4.69) is 10.6 Å². The van der Waals surface area contributed by atoms with Gasteiger partial charge < -0.3 is 21.1 Å². The average Bonchev–Trinajstić information content (AvgIpc) is 2.18. The number of hydrogen-bond acceptors (Lipinski definition) is 3. The van der Waals surface area contributed by atoms with Crippen molar-refractivity contribution < 1.29 is 9.53 Å². The summed E-state index contributed by atoms with van der Waals surface area (Å²) in [6, 6.07) is 4.79. The van der Waals surface area contributed by atoms with Crippen LogP contribution in [0.15, 0.2) is 18.2 Å². The average molecular weight is 209 g/mol. The number of anilines is 2. The zero-order valence-corrected chi connectivity index (χ0v) is 8.83.